The smallest absolute Gasteiger partial charge is 0.255 e. The Morgan fingerprint density at radius 2 is 1.86 bits per heavy atom. The maximum absolute atomic E-state index is 13.9. The number of hydrogen-bond acceptors (Lipinski definition) is 3. The maximum Gasteiger partial charge on any atom is 0.255 e. The number of fused-ring (bicyclic) bond motifs is 7. The Morgan fingerprint density at radius 3 is 2.64 bits per heavy atom. The Bertz CT molecular complexity index is 1310. The predicted molar refractivity (Wildman–Crippen MR) is 140 cm³/mol. The first kappa shape index (κ1) is 24.1. The number of nitrogens with zero attached hydrogens (tertiary/aromatic N) is 1. The zero-order valence-corrected chi connectivity index (χ0v) is 21.1. The lowest BCUT2D eigenvalue weighted by molar-refractivity contribution is -0.133. The minimum absolute atomic E-state index is 0.0370. The van der Waals surface area contributed by atoms with Crippen molar-refractivity contribution in [3.8, 4) is 0 Å². The van der Waals surface area contributed by atoms with Crippen LogP contribution in [0.15, 0.2) is 48.5 Å². The van der Waals surface area contributed by atoms with E-state index >= 15 is 0 Å². The highest BCUT2D eigenvalue weighted by Gasteiger charge is 2.49. The van der Waals surface area contributed by atoms with Gasteiger partial charge in [-0.1, -0.05) is 70.0 Å². The number of aromatic nitrogens is 1. The number of amides is 3. The molecule has 0 spiro atoms. The van der Waals surface area contributed by atoms with Crippen molar-refractivity contribution in [2.75, 3.05) is 6.54 Å². The number of para-hydroxylation sites is 1. The molecule has 0 radical (unpaired) electrons. The lowest BCUT2D eigenvalue weighted by Gasteiger charge is -2.38. The fourth-order valence-corrected chi connectivity index (χ4v) is 5.59. The Labute approximate surface area is 211 Å². The molecule has 3 amide bonds. The molecule has 0 saturated carbocycles. The molecule has 0 unspecified atom stereocenters. The molecular weight excluding hydrogens is 452 g/mol. The number of H-pyrrole nitrogens is 1. The highest BCUT2D eigenvalue weighted by molar-refractivity contribution is 6.04. The number of carbonyl (C=O) groups is 3. The van der Waals surface area contributed by atoms with Gasteiger partial charge in [0.05, 0.1) is 6.04 Å². The molecule has 188 valence electrons. The third-order valence-corrected chi connectivity index (χ3v) is 7.78. The van der Waals surface area contributed by atoms with Gasteiger partial charge in [0.2, 0.25) is 11.8 Å². The molecule has 0 saturated heterocycles. The quantitative estimate of drug-likeness (QED) is 0.419. The molecule has 1 aromatic heterocycles. The molecule has 3 heterocycles. The average molecular weight is 487 g/mol. The molecule has 5 rings (SSSR count). The van der Waals surface area contributed by atoms with Crippen molar-refractivity contribution in [3.05, 3.63) is 70.9 Å². The van der Waals surface area contributed by atoms with Crippen LogP contribution in [0.1, 0.15) is 73.3 Å². The topological polar surface area (TPSA) is 94.3 Å². The van der Waals surface area contributed by atoms with E-state index in [1.54, 1.807) is 4.90 Å². The third-order valence-electron chi connectivity index (χ3n) is 7.78. The lowest BCUT2D eigenvalue weighted by Crippen LogP contribution is -2.58. The molecule has 2 aliphatic rings. The molecule has 3 N–H and O–H groups in total. The Kier molecular flexibility index (Phi) is 6.56. The van der Waals surface area contributed by atoms with Gasteiger partial charge in [-0.15, -0.1) is 0 Å². The van der Waals surface area contributed by atoms with E-state index in [1.807, 2.05) is 56.3 Å². The summed E-state index contributed by atoms with van der Waals surface area (Å²) in [6, 6.07) is 13.9. The largest absolute Gasteiger partial charge is 0.356 e. The highest BCUT2D eigenvalue weighted by Crippen LogP contribution is 2.46. The summed E-state index contributed by atoms with van der Waals surface area (Å²) in [6.45, 7) is 6.65. The second kappa shape index (κ2) is 9.80. The van der Waals surface area contributed by atoms with Gasteiger partial charge in [-0.2, -0.15) is 0 Å². The summed E-state index contributed by atoms with van der Waals surface area (Å²) in [5.41, 5.74) is 4.55. The van der Waals surface area contributed by atoms with Crippen LogP contribution in [-0.2, 0) is 16.0 Å². The van der Waals surface area contributed by atoms with Gasteiger partial charge in [-0.3, -0.25) is 14.4 Å². The van der Waals surface area contributed by atoms with Crippen LogP contribution in [0.3, 0.4) is 0 Å². The molecule has 7 heteroatoms. The highest BCUT2D eigenvalue weighted by atomic mass is 16.2. The predicted octanol–water partition coefficient (Wildman–Crippen LogP) is 4.09. The van der Waals surface area contributed by atoms with Gasteiger partial charge in [-0.25, -0.2) is 0 Å². The number of benzene rings is 2. The van der Waals surface area contributed by atoms with E-state index in [2.05, 4.69) is 28.6 Å². The molecule has 0 fully saturated rings. The molecule has 2 aliphatic heterocycles. The molecule has 0 aliphatic carbocycles. The van der Waals surface area contributed by atoms with Crippen molar-refractivity contribution in [1.82, 2.24) is 20.5 Å². The van der Waals surface area contributed by atoms with Crippen molar-refractivity contribution >= 4 is 28.6 Å². The minimum Gasteiger partial charge on any atom is -0.356 e. The Morgan fingerprint density at radius 1 is 1.11 bits per heavy atom. The van der Waals surface area contributed by atoms with E-state index in [4.69, 9.17) is 0 Å². The van der Waals surface area contributed by atoms with Crippen molar-refractivity contribution in [3.63, 3.8) is 0 Å². The number of aromatic amines is 1. The van der Waals surface area contributed by atoms with Gasteiger partial charge in [0.15, 0.2) is 0 Å². The van der Waals surface area contributed by atoms with Gasteiger partial charge >= 0.3 is 0 Å². The van der Waals surface area contributed by atoms with Gasteiger partial charge in [0, 0.05) is 35.1 Å². The van der Waals surface area contributed by atoms with E-state index in [0.717, 1.165) is 47.0 Å². The summed E-state index contributed by atoms with van der Waals surface area (Å²) >= 11 is 0. The van der Waals surface area contributed by atoms with Crippen LogP contribution >= 0.6 is 0 Å². The minimum atomic E-state index is -0.711. The first-order chi connectivity index (χ1) is 17.5. The van der Waals surface area contributed by atoms with Crippen LogP contribution in [0.4, 0.5) is 0 Å². The van der Waals surface area contributed by atoms with Gasteiger partial charge in [-0.05, 0) is 35.6 Å². The van der Waals surface area contributed by atoms with E-state index < -0.39 is 12.1 Å². The molecule has 36 heavy (non-hydrogen) atoms. The van der Waals surface area contributed by atoms with Crippen molar-refractivity contribution in [2.24, 2.45) is 5.92 Å². The average Bonchev–Trinajstić information content (AvgIpc) is 3.42. The third kappa shape index (κ3) is 3.96. The fraction of sp³-hybridized carbons (Fsp3) is 0.414. The maximum atomic E-state index is 13.9. The van der Waals surface area contributed by atoms with Crippen LogP contribution in [-0.4, -0.2) is 46.2 Å². The van der Waals surface area contributed by atoms with E-state index in [9.17, 15) is 14.4 Å². The van der Waals surface area contributed by atoms with Crippen molar-refractivity contribution in [1.29, 1.82) is 0 Å². The van der Waals surface area contributed by atoms with E-state index in [-0.39, 0.29) is 29.7 Å². The van der Waals surface area contributed by atoms with Gasteiger partial charge in [0.25, 0.3) is 5.91 Å². The summed E-state index contributed by atoms with van der Waals surface area (Å²) in [5, 5.41) is 7.08. The summed E-state index contributed by atoms with van der Waals surface area (Å²) in [4.78, 5) is 45.8. The second-order valence-electron chi connectivity index (χ2n) is 10.0. The van der Waals surface area contributed by atoms with Gasteiger partial charge in [0.1, 0.15) is 12.1 Å². The molecule has 7 nitrogen and oxygen atoms in total. The standard InChI is InChI=1S/C29H34N4O3/c1-4-6-15-30-28(35)24(17(3)5-2)32-27(34)23-16-21-18-11-9-10-14-22(18)31-25(21)26-19-12-7-8-13-20(19)29(36)33(23)26/h7-14,17,23-24,26,31H,4-6,15-16H2,1-3H3,(H,30,35)(H,32,34)/t17-,23+,24-,26+/m1/s1. The molecule has 3 aromatic rings. The molecule has 0 bridgehead atoms. The van der Waals surface area contributed by atoms with Crippen molar-refractivity contribution < 1.29 is 14.4 Å². The summed E-state index contributed by atoms with van der Waals surface area (Å²) in [5.74, 6) is -0.631. The molecular formula is C29H34N4O3. The number of unbranched alkanes of at least 4 members (excludes halogenated alkanes) is 1. The summed E-state index contributed by atoms with van der Waals surface area (Å²) in [6.07, 6.45) is 3.02. The van der Waals surface area contributed by atoms with E-state index in [0.29, 0.717) is 18.5 Å². The Hall–Kier alpha value is -3.61. The number of nitrogens with one attached hydrogen (secondary N) is 3. The molecule has 2 aromatic carbocycles. The van der Waals surface area contributed by atoms with Crippen LogP contribution in [0.5, 0.6) is 0 Å². The zero-order chi connectivity index (χ0) is 25.4. The summed E-state index contributed by atoms with van der Waals surface area (Å²) in [7, 11) is 0. The first-order valence-electron chi connectivity index (χ1n) is 13.0. The van der Waals surface area contributed by atoms with Crippen LogP contribution in [0.2, 0.25) is 0 Å². The van der Waals surface area contributed by atoms with E-state index in [1.165, 1.54) is 0 Å². The van der Waals surface area contributed by atoms with Gasteiger partial charge < -0.3 is 20.5 Å². The second-order valence-corrected chi connectivity index (χ2v) is 10.0. The first-order valence-corrected chi connectivity index (χ1v) is 13.0. The number of rotatable bonds is 8. The SMILES string of the molecule is CCCCNC(=O)[C@H](NC(=O)[C@@H]1Cc2c([nH]c3ccccc23)[C@@H]2c3ccccc3C(=O)N21)[C@H](C)CC. The monoisotopic (exact) mass is 486 g/mol. The number of hydrogen-bond donors (Lipinski definition) is 3. The summed E-state index contributed by atoms with van der Waals surface area (Å²) < 4.78 is 0. The Balaban J connectivity index is 1.52. The molecule has 4 atom stereocenters. The number of carbonyl (C=O) groups excluding carboxylic acids is 3. The van der Waals surface area contributed by atoms with Crippen molar-refractivity contribution in [2.45, 2.75) is 64.6 Å². The fourth-order valence-electron chi connectivity index (χ4n) is 5.59. The normalized spacial score (nSPS) is 19.9. The van der Waals surface area contributed by atoms with Crippen LogP contribution < -0.4 is 10.6 Å². The zero-order valence-electron chi connectivity index (χ0n) is 21.1. The van der Waals surface area contributed by atoms with Crippen LogP contribution in [0, 0.1) is 5.92 Å². The lowest BCUT2D eigenvalue weighted by atomic mass is 9.89. The van der Waals surface area contributed by atoms with Crippen LogP contribution in [0.25, 0.3) is 10.9 Å².